The second kappa shape index (κ2) is 13.8. The molecule has 0 aliphatic carbocycles. The molecule has 0 fully saturated rings. The van der Waals surface area contributed by atoms with E-state index in [1.807, 2.05) is 0 Å². The Morgan fingerprint density at radius 3 is 1.32 bits per heavy atom. The van der Waals surface area contributed by atoms with E-state index < -0.39 is 29.4 Å². The van der Waals surface area contributed by atoms with Gasteiger partial charge in [-0.2, -0.15) is 0 Å². The van der Waals surface area contributed by atoms with Crippen LogP contribution in [0.2, 0.25) is 0 Å². The number of phenols is 1. The molecule has 0 saturated heterocycles. The normalized spacial score (nSPS) is 9.26. The van der Waals surface area contributed by atoms with Gasteiger partial charge < -0.3 is 35.4 Å². The minimum atomic E-state index is -1.42. The minimum absolute atomic E-state index is 0. The van der Waals surface area contributed by atoms with Crippen molar-refractivity contribution < 1.29 is 45.0 Å². The zero-order chi connectivity index (χ0) is 25.3. The molecule has 0 saturated carbocycles. The van der Waals surface area contributed by atoms with E-state index in [1.165, 1.54) is 36.4 Å². The van der Waals surface area contributed by atoms with Crippen LogP contribution in [0.25, 0.3) is 0 Å². The Morgan fingerprint density at radius 2 is 1.00 bits per heavy atom. The van der Waals surface area contributed by atoms with Gasteiger partial charge in [-0.25, -0.2) is 9.59 Å². The zero-order valence-electron chi connectivity index (χ0n) is 18.4. The van der Waals surface area contributed by atoms with Crippen molar-refractivity contribution >= 4 is 44.1 Å². The molecule has 34 heavy (non-hydrogen) atoms. The van der Waals surface area contributed by atoms with Crippen molar-refractivity contribution in [1.29, 1.82) is 0 Å². The Kier molecular flexibility index (Phi) is 12.3. The molecular weight excluding hydrogens is 641 g/mol. The van der Waals surface area contributed by atoms with Crippen molar-refractivity contribution in [3.8, 4) is 17.2 Å². The first-order valence-corrected chi connectivity index (χ1v) is 9.36. The molecule has 3 aromatic rings. The van der Waals surface area contributed by atoms with Gasteiger partial charge in [-0.05, 0) is 50.1 Å². The maximum atomic E-state index is 10.9. The fourth-order valence-corrected chi connectivity index (χ4v) is 2.43. The summed E-state index contributed by atoms with van der Waals surface area (Å²) < 4.78 is 0. The average Bonchev–Trinajstić information content (AvgIpc) is 2.68. The first-order valence-electron chi connectivity index (χ1n) is 9.36. The molecule has 0 heterocycles. The Labute approximate surface area is 214 Å². The van der Waals surface area contributed by atoms with Gasteiger partial charge in [-0.15, -0.1) is 0 Å². The van der Waals surface area contributed by atoms with Crippen LogP contribution in [0.15, 0.2) is 54.6 Å². The van der Waals surface area contributed by atoms with Crippen LogP contribution < -0.4 is 15.3 Å². The summed E-state index contributed by atoms with van der Waals surface area (Å²) in [7, 11) is 0. The number of carbonyl (C=O) groups excluding carboxylic acids is 1. The van der Waals surface area contributed by atoms with E-state index in [9.17, 15) is 29.7 Å². The fraction of sp³-hybridized carbons (Fsp3) is 0.125. The summed E-state index contributed by atoms with van der Waals surface area (Å²) in [4.78, 5) is 30.9. The maximum Gasteiger partial charge on any atom is 3.00 e. The Bertz CT molecular complexity index is 1030. The van der Waals surface area contributed by atoms with Crippen LogP contribution in [-0.4, -0.2) is 59.4 Å². The van der Waals surface area contributed by atoms with Gasteiger partial charge in [0.2, 0.25) is 0 Å². The second-order valence-electron chi connectivity index (χ2n) is 6.92. The van der Waals surface area contributed by atoms with Crippen LogP contribution in [0.4, 0.5) is 0 Å². The zero-order valence-corrected chi connectivity index (χ0v) is 21.9. The van der Waals surface area contributed by atoms with Crippen LogP contribution in [0.5, 0.6) is 17.2 Å². The molecule has 3 aromatic carbocycles. The van der Waals surface area contributed by atoms with E-state index in [4.69, 9.17) is 15.3 Å². The van der Waals surface area contributed by atoms with Gasteiger partial charge in [-0.3, -0.25) is 0 Å². The standard InChI is InChI=1S/3C8H8O3.Bi/c3*1-5-2-3-6(8(10)11)7(9)4-5;/h3*2-4,9H,1H3,(H,10,11);/q;;;+3/p-3. The number of aromatic hydroxyl groups is 1. The molecule has 2 radical (unpaired) electrons. The fourth-order valence-electron chi connectivity index (χ4n) is 2.43. The molecule has 0 spiro atoms. The van der Waals surface area contributed by atoms with E-state index in [1.54, 1.807) is 39.0 Å². The SMILES string of the molecule is Cc1ccc(C(=O)O)c(O)c1.Cc1ccc(C(=O)O)c([O-])c1.Cc1ccc(C(=O)[O-])c([O-])c1.[Bi+3]. The van der Waals surface area contributed by atoms with Gasteiger partial charge in [0.15, 0.2) is 0 Å². The van der Waals surface area contributed by atoms with E-state index in [2.05, 4.69) is 0 Å². The maximum absolute atomic E-state index is 10.9. The van der Waals surface area contributed by atoms with Crippen LogP contribution in [0, 0.1) is 20.8 Å². The number of aromatic carboxylic acids is 3. The molecule has 3 rings (SSSR count). The molecule has 0 aliphatic rings. The predicted octanol–water partition coefficient (Wildman–Crippen LogP) is 1.22. The molecule has 176 valence electrons. The Balaban J connectivity index is 0.000000473. The molecule has 9 nitrogen and oxygen atoms in total. The van der Waals surface area contributed by atoms with Crippen molar-refractivity contribution in [2.75, 3.05) is 0 Å². The summed E-state index contributed by atoms with van der Waals surface area (Å²) in [6.07, 6.45) is 0. The van der Waals surface area contributed by atoms with Crippen molar-refractivity contribution in [1.82, 2.24) is 0 Å². The quantitative estimate of drug-likeness (QED) is 0.348. The third kappa shape index (κ3) is 9.46. The van der Waals surface area contributed by atoms with Crippen molar-refractivity contribution in [3.63, 3.8) is 0 Å². The molecule has 0 unspecified atom stereocenters. The molecular formula is C24H21BiO9. The number of carbonyl (C=O) groups is 3. The number of carboxylic acids is 3. The second-order valence-corrected chi connectivity index (χ2v) is 6.92. The van der Waals surface area contributed by atoms with Gasteiger partial charge in [-0.1, -0.05) is 59.0 Å². The average molecular weight is 662 g/mol. The van der Waals surface area contributed by atoms with E-state index in [-0.39, 0.29) is 48.6 Å². The summed E-state index contributed by atoms with van der Waals surface area (Å²) in [5.74, 6) is -4.81. The molecule has 0 amide bonds. The van der Waals surface area contributed by atoms with Crippen LogP contribution in [0.1, 0.15) is 47.8 Å². The minimum Gasteiger partial charge on any atom is -0.872 e. The predicted molar refractivity (Wildman–Crippen MR) is 118 cm³/mol. The van der Waals surface area contributed by atoms with Crippen molar-refractivity contribution in [2.24, 2.45) is 0 Å². The number of carboxylic acid groups (broad SMARTS) is 3. The summed E-state index contributed by atoms with van der Waals surface area (Å²) in [6.45, 7) is 5.25. The van der Waals surface area contributed by atoms with Crippen molar-refractivity contribution in [2.45, 2.75) is 20.8 Å². The van der Waals surface area contributed by atoms with Crippen LogP contribution in [0.3, 0.4) is 0 Å². The third-order valence-corrected chi connectivity index (χ3v) is 4.11. The van der Waals surface area contributed by atoms with Crippen molar-refractivity contribution in [3.05, 3.63) is 88.0 Å². The van der Waals surface area contributed by atoms with Gasteiger partial charge in [0.25, 0.3) is 0 Å². The molecule has 0 atom stereocenters. The first-order chi connectivity index (χ1) is 15.3. The first kappa shape index (κ1) is 30.4. The van der Waals surface area contributed by atoms with Crippen LogP contribution >= 0.6 is 0 Å². The number of aryl methyl sites for hydroxylation is 3. The van der Waals surface area contributed by atoms with Gasteiger partial charge in [0, 0.05) is 0 Å². The van der Waals surface area contributed by atoms with Gasteiger partial charge in [0.05, 0.1) is 11.5 Å². The smallest absolute Gasteiger partial charge is 0.872 e. The number of benzene rings is 3. The molecule has 0 aromatic heterocycles. The summed E-state index contributed by atoms with van der Waals surface area (Å²) >= 11 is 0. The number of hydrogen-bond acceptors (Lipinski definition) is 7. The topological polar surface area (TPSA) is 181 Å². The van der Waals surface area contributed by atoms with E-state index in [0.29, 0.717) is 0 Å². The Hall–Kier alpha value is -3.65. The molecule has 0 bridgehead atoms. The summed E-state index contributed by atoms with van der Waals surface area (Å²) in [5, 5.41) is 58.0. The molecule has 3 N–H and O–H groups in total. The van der Waals surface area contributed by atoms with Crippen LogP contribution in [-0.2, 0) is 0 Å². The van der Waals surface area contributed by atoms with E-state index >= 15 is 0 Å². The Morgan fingerprint density at radius 1 is 0.647 bits per heavy atom. The molecule has 0 aliphatic heterocycles. The number of hydrogen-bond donors (Lipinski definition) is 3. The monoisotopic (exact) mass is 662 g/mol. The summed E-state index contributed by atoms with van der Waals surface area (Å²) in [5.41, 5.74) is 1.86. The largest absolute Gasteiger partial charge is 3.00 e. The van der Waals surface area contributed by atoms with E-state index in [0.717, 1.165) is 16.7 Å². The number of rotatable bonds is 3. The summed E-state index contributed by atoms with van der Waals surface area (Å²) in [6, 6.07) is 12.8. The third-order valence-electron chi connectivity index (χ3n) is 4.11. The van der Waals surface area contributed by atoms with Gasteiger partial charge in [0.1, 0.15) is 11.3 Å². The van der Waals surface area contributed by atoms with Gasteiger partial charge >= 0.3 is 38.1 Å². The molecule has 10 heteroatoms.